The number of carbonyl (C=O) groups excluding carboxylic acids is 1. The van der Waals surface area contributed by atoms with Gasteiger partial charge in [-0.25, -0.2) is 0 Å². The zero-order valence-electron chi connectivity index (χ0n) is 18.2. The molecular weight excluding hydrogens is 438 g/mol. The minimum absolute atomic E-state index is 0.0705. The lowest BCUT2D eigenvalue weighted by Crippen LogP contribution is -2.32. The van der Waals surface area contributed by atoms with E-state index in [-0.39, 0.29) is 11.9 Å². The van der Waals surface area contributed by atoms with Gasteiger partial charge in [-0.05, 0) is 55.5 Å². The molecule has 6 rings (SSSR count). The molecule has 3 aliphatic rings. The highest BCUT2D eigenvalue weighted by Gasteiger charge is 2.33. The minimum Gasteiger partial charge on any atom is -0.486 e. The molecule has 1 saturated heterocycles. The molecule has 0 bridgehead atoms. The Balaban J connectivity index is 1.18. The van der Waals surface area contributed by atoms with Crippen molar-refractivity contribution in [2.45, 2.75) is 42.9 Å². The molecule has 1 saturated carbocycles. The number of benzene rings is 1. The fourth-order valence-corrected chi connectivity index (χ4v) is 5.51. The predicted octanol–water partition coefficient (Wildman–Crippen LogP) is 3.90. The molecule has 0 N–H and O–H groups in total. The first-order valence-electron chi connectivity index (χ1n) is 11.4. The van der Waals surface area contributed by atoms with E-state index in [9.17, 15) is 4.79 Å². The SMILES string of the molecule is O=C(CSc1nnc(-c2cccnc2)n1C1CC1)N1CCC[C@H]1c1ccc2c(c1)OCCO2. The molecule has 2 fully saturated rings. The van der Waals surface area contributed by atoms with Crippen LogP contribution in [0.15, 0.2) is 47.9 Å². The van der Waals surface area contributed by atoms with E-state index >= 15 is 0 Å². The Labute approximate surface area is 196 Å². The van der Waals surface area contributed by atoms with Crippen LogP contribution in [0, 0.1) is 0 Å². The first kappa shape index (κ1) is 20.5. The van der Waals surface area contributed by atoms with Crippen molar-refractivity contribution in [2.75, 3.05) is 25.5 Å². The van der Waals surface area contributed by atoms with Gasteiger partial charge < -0.3 is 14.4 Å². The summed E-state index contributed by atoms with van der Waals surface area (Å²) in [4.78, 5) is 19.5. The Morgan fingerprint density at radius 3 is 2.79 bits per heavy atom. The highest BCUT2D eigenvalue weighted by atomic mass is 32.2. The van der Waals surface area contributed by atoms with Crippen LogP contribution in [0.25, 0.3) is 11.4 Å². The molecule has 9 heteroatoms. The second-order valence-corrected chi connectivity index (χ2v) is 9.53. The van der Waals surface area contributed by atoms with Crippen LogP contribution in [0.4, 0.5) is 0 Å². The standard InChI is InChI=1S/C24H25N5O3S/c30-22(28-10-2-4-19(28)16-5-8-20-21(13-16)32-12-11-31-20)15-33-24-27-26-23(29(24)18-6-7-18)17-3-1-9-25-14-17/h1,3,5,8-9,13-14,18-19H,2,4,6-7,10-12,15H2/t19-/m0/s1. The lowest BCUT2D eigenvalue weighted by molar-refractivity contribution is -0.129. The van der Waals surface area contributed by atoms with Gasteiger partial charge in [-0.15, -0.1) is 10.2 Å². The zero-order valence-corrected chi connectivity index (χ0v) is 19.0. The van der Waals surface area contributed by atoms with Crippen LogP contribution in [-0.2, 0) is 4.79 Å². The highest BCUT2D eigenvalue weighted by molar-refractivity contribution is 7.99. The monoisotopic (exact) mass is 463 g/mol. The van der Waals surface area contributed by atoms with Gasteiger partial charge in [0, 0.05) is 30.5 Å². The third-order valence-electron chi connectivity index (χ3n) is 6.35. The lowest BCUT2D eigenvalue weighted by atomic mass is 10.0. The number of carbonyl (C=O) groups is 1. The normalized spacial score (nSPS) is 19.6. The summed E-state index contributed by atoms with van der Waals surface area (Å²) in [5.41, 5.74) is 2.06. The van der Waals surface area contributed by atoms with Crippen LogP contribution in [0.1, 0.15) is 43.3 Å². The van der Waals surface area contributed by atoms with Crippen molar-refractivity contribution >= 4 is 17.7 Å². The van der Waals surface area contributed by atoms with Crippen molar-refractivity contribution in [1.29, 1.82) is 0 Å². The molecule has 1 aliphatic carbocycles. The molecule has 2 aliphatic heterocycles. The third-order valence-corrected chi connectivity index (χ3v) is 7.27. The smallest absolute Gasteiger partial charge is 0.233 e. The van der Waals surface area contributed by atoms with Gasteiger partial charge in [-0.2, -0.15) is 0 Å². The molecule has 1 atom stereocenters. The molecule has 8 nitrogen and oxygen atoms in total. The summed E-state index contributed by atoms with van der Waals surface area (Å²) in [5, 5.41) is 9.66. The van der Waals surface area contributed by atoms with Gasteiger partial charge >= 0.3 is 0 Å². The summed E-state index contributed by atoms with van der Waals surface area (Å²) in [6, 6.07) is 10.4. The summed E-state index contributed by atoms with van der Waals surface area (Å²) in [6.07, 6.45) is 7.75. The Morgan fingerprint density at radius 2 is 1.97 bits per heavy atom. The van der Waals surface area contributed by atoms with Crippen LogP contribution in [-0.4, -0.2) is 56.1 Å². The number of thioether (sulfide) groups is 1. The van der Waals surface area contributed by atoms with Crippen molar-refractivity contribution < 1.29 is 14.3 Å². The van der Waals surface area contributed by atoms with E-state index in [0.717, 1.165) is 65.8 Å². The van der Waals surface area contributed by atoms with Gasteiger partial charge in [0.05, 0.1) is 11.8 Å². The summed E-state index contributed by atoms with van der Waals surface area (Å²) >= 11 is 1.48. The van der Waals surface area contributed by atoms with Crippen molar-refractivity contribution in [3.05, 3.63) is 48.3 Å². The van der Waals surface area contributed by atoms with E-state index in [4.69, 9.17) is 9.47 Å². The van der Waals surface area contributed by atoms with E-state index in [2.05, 4.69) is 25.8 Å². The maximum Gasteiger partial charge on any atom is 0.233 e. The number of aromatic nitrogens is 4. The number of hydrogen-bond donors (Lipinski definition) is 0. The Hall–Kier alpha value is -3.07. The molecule has 3 aromatic rings. The molecule has 33 heavy (non-hydrogen) atoms. The predicted molar refractivity (Wildman–Crippen MR) is 123 cm³/mol. The number of amides is 1. The second-order valence-electron chi connectivity index (χ2n) is 8.59. The van der Waals surface area contributed by atoms with E-state index < -0.39 is 0 Å². The topological polar surface area (TPSA) is 82.4 Å². The zero-order chi connectivity index (χ0) is 22.2. The lowest BCUT2D eigenvalue weighted by Gasteiger charge is -2.26. The molecule has 0 radical (unpaired) electrons. The number of likely N-dealkylation sites (tertiary alicyclic amines) is 1. The van der Waals surface area contributed by atoms with Crippen molar-refractivity contribution in [3.63, 3.8) is 0 Å². The molecule has 0 unspecified atom stereocenters. The molecular formula is C24H25N5O3S. The highest BCUT2D eigenvalue weighted by Crippen LogP contribution is 2.42. The second kappa shape index (κ2) is 8.70. The van der Waals surface area contributed by atoms with Gasteiger partial charge in [0.25, 0.3) is 0 Å². The molecule has 170 valence electrons. The van der Waals surface area contributed by atoms with E-state index in [1.165, 1.54) is 11.8 Å². The molecule has 4 heterocycles. The van der Waals surface area contributed by atoms with Crippen molar-refractivity contribution in [2.24, 2.45) is 0 Å². The summed E-state index contributed by atoms with van der Waals surface area (Å²) in [5.74, 6) is 2.86. The van der Waals surface area contributed by atoms with Crippen molar-refractivity contribution in [1.82, 2.24) is 24.6 Å². The summed E-state index contributed by atoms with van der Waals surface area (Å²) in [6.45, 7) is 1.91. The fraction of sp³-hybridized carbons (Fsp3) is 0.417. The Morgan fingerprint density at radius 1 is 1.09 bits per heavy atom. The van der Waals surface area contributed by atoms with Crippen LogP contribution in [0.2, 0.25) is 0 Å². The van der Waals surface area contributed by atoms with Gasteiger partial charge in [0.15, 0.2) is 22.5 Å². The Kier molecular flexibility index (Phi) is 5.41. The number of rotatable bonds is 6. The average Bonchev–Trinajstić information content (AvgIpc) is 3.41. The third kappa shape index (κ3) is 4.06. The van der Waals surface area contributed by atoms with E-state index in [1.54, 1.807) is 6.20 Å². The number of hydrogen-bond acceptors (Lipinski definition) is 7. The maximum atomic E-state index is 13.2. The van der Waals surface area contributed by atoms with Gasteiger partial charge in [-0.1, -0.05) is 17.8 Å². The summed E-state index contributed by atoms with van der Waals surface area (Å²) < 4.78 is 13.6. The largest absolute Gasteiger partial charge is 0.486 e. The van der Waals surface area contributed by atoms with Crippen molar-refractivity contribution in [3.8, 4) is 22.9 Å². The van der Waals surface area contributed by atoms with Gasteiger partial charge in [0.1, 0.15) is 13.2 Å². The quantitative estimate of drug-likeness (QED) is 0.513. The summed E-state index contributed by atoms with van der Waals surface area (Å²) in [7, 11) is 0. The average molecular weight is 464 g/mol. The van der Waals surface area contributed by atoms with Crippen LogP contribution in [0.3, 0.4) is 0 Å². The maximum absolute atomic E-state index is 13.2. The van der Waals surface area contributed by atoms with Crippen LogP contribution < -0.4 is 9.47 Å². The molecule has 1 amide bonds. The molecule has 0 spiro atoms. The van der Waals surface area contributed by atoms with E-state index in [0.29, 0.717) is 25.0 Å². The number of pyridine rings is 1. The number of fused-ring (bicyclic) bond motifs is 1. The molecule has 1 aromatic carbocycles. The Bertz CT molecular complexity index is 1160. The van der Waals surface area contributed by atoms with Gasteiger partial charge in [0.2, 0.25) is 5.91 Å². The van der Waals surface area contributed by atoms with E-state index in [1.807, 2.05) is 35.4 Å². The first-order valence-corrected chi connectivity index (χ1v) is 12.4. The first-order chi connectivity index (χ1) is 16.3. The van der Waals surface area contributed by atoms with Crippen LogP contribution >= 0.6 is 11.8 Å². The van der Waals surface area contributed by atoms with Gasteiger partial charge in [-0.3, -0.25) is 14.3 Å². The number of nitrogens with zero attached hydrogens (tertiary/aromatic N) is 5. The number of ether oxygens (including phenoxy) is 2. The molecule has 2 aromatic heterocycles. The minimum atomic E-state index is 0.0705. The van der Waals surface area contributed by atoms with Crippen LogP contribution in [0.5, 0.6) is 11.5 Å². The fourth-order valence-electron chi connectivity index (χ4n) is 4.62.